The summed E-state index contributed by atoms with van der Waals surface area (Å²) in [5.41, 5.74) is 5.40. The number of carbonyl (C=O) groups is 1. The summed E-state index contributed by atoms with van der Waals surface area (Å²) in [6, 6.07) is 0. The van der Waals surface area contributed by atoms with Crippen molar-refractivity contribution < 1.29 is 19.7 Å². The molecule has 7 nitrogen and oxygen atoms in total. The van der Waals surface area contributed by atoms with E-state index in [4.69, 9.17) is 15.9 Å². The molecule has 0 aliphatic carbocycles. The van der Waals surface area contributed by atoms with Crippen LogP contribution in [0.1, 0.15) is 21.9 Å². The van der Waals surface area contributed by atoms with Crippen LogP contribution < -0.4 is 10.5 Å². The summed E-state index contributed by atoms with van der Waals surface area (Å²) in [7, 11) is 0. The number of aryl methyl sites for hydroxylation is 1. The number of aromatic nitrogens is 2. The van der Waals surface area contributed by atoms with Crippen LogP contribution in [0, 0.1) is 19.1 Å². The molecule has 1 rings (SSSR count). The average Bonchev–Trinajstić information content (AvgIpc) is 2.25. The minimum atomic E-state index is -1.19. The fourth-order valence-corrected chi connectivity index (χ4v) is 0.761. The Kier molecular flexibility index (Phi) is 5.97. The van der Waals surface area contributed by atoms with Gasteiger partial charge in [0.15, 0.2) is 0 Å². The van der Waals surface area contributed by atoms with E-state index in [0.29, 0.717) is 22.7 Å². The number of rotatable bonds is 2. The van der Waals surface area contributed by atoms with Crippen LogP contribution in [0.5, 0.6) is 0 Å². The van der Waals surface area contributed by atoms with Gasteiger partial charge in [0.25, 0.3) is 0 Å². The molecule has 7 heteroatoms. The second kappa shape index (κ2) is 6.70. The monoisotopic (exact) mass is 229 g/mol. The molecular weight excluding hydrogens is 214 g/mol. The number of nitrogens with zero attached hydrogens (tertiary/aromatic N) is 2. The van der Waals surface area contributed by atoms with Gasteiger partial charge in [-0.2, -0.15) is 4.73 Å². The summed E-state index contributed by atoms with van der Waals surface area (Å²) in [5, 5.41) is 27.2. The summed E-state index contributed by atoms with van der Waals surface area (Å²) in [6.07, 6.45) is 0.949. The van der Waals surface area contributed by atoms with Crippen molar-refractivity contribution in [1.82, 2.24) is 4.98 Å². The third kappa shape index (κ3) is 4.20. The van der Waals surface area contributed by atoms with Crippen molar-refractivity contribution >= 4 is 5.97 Å². The van der Waals surface area contributed by atoms with E-state index in [9.17, 15) is 10.0 Å². The molecule has 0 bridgehead atoms. The normalized spacial score (nSPS) is 9.25. The Morgan fingerprint density at radius 3 is 2.44 bits per heavy atom. The molecule has 0 aliphatic heterocycles. The van der Waals surface area contributed by atoms with Gasteiger partial charge in [-0.05, 0) is 6.92 Å². The van der Waals surface area contributed by atoms with Crippen molar-refractivity contribution in [2.24, 2.45) is 5.73 Å². The van der Waals surface area contributed by atoms with Crippen molar-refractivity contribution in [3.05, 3.63) is 28.5 Å². The van der Waals surface area contributed by atoms with Crippen LogP contribution in [0.3, 0.4) is 0 Å². The fourth-order valence-electron chi connectivity index (χ4n) is 0.761. The summed E-state index contributed by atoms with van der Waals surface area (Å²) in [4.78, 5) is 14.1. The molecule has 1 aromatic heterocycles. The first-order valence-corrected chi connectivity index (χ1v) is 4.55. The molecule has 0 radical (unpaired) electrons. The Hall–Kier alpha value is -1.73. The van der Waals surface area contributed by atoms with E-state index < -0.39 is 5.97 Å². The van der Waals surface area contributed by atoms with E-state index >= 15 is 0 Å². The van der Waals surface area contributed by atoms with Gasteiger partial charge in [-0.15, -0.1) is 0 Å². The zero-order valence-electron chi connectivity index (χ0n) is 9.17. The molecule has 0 unspecified atom stereocenters. The van der Waals surface area contributed by atoms with Crippen LogP contribution in [0.15, 0.2) is 6.20 Å². The highest BCUT2D eigenvalue weighted by atomic mass is 16.5. The highest BCUT2D eigenvalue weighted by Gasteiger charge is 2.13. The van der Waals surface area contributed by atoms with Crippen molar-refractivity contribution in [1.29, 1.82) is 0 Å². The summed E-state index contributed by atoms with van der Waals surface area (Å²) < 4.78 is 0.506. The molecule has 0 fully saturated rings. The molecule has 0 saturated carbocycles. The predicted molar refractivity (Wildman–Crippen MR) is 55.8 cm³/mol. The molecule has 16 heavy (non-hydrogen) atoms. The molecular formula is C9H15N3O4. The Bertz CT molecular complexity index is 343. The number of hydrogen-bond acceptors (Lipinski definition) is 5. The van der Waals surface area contributed by atoms with Crippen LogP contribution in [-0.4, -0.2) is 34.3 Å². The first-order valence-electron chi connectivity index (χ1n) is 4.55. The van der Waals surface area contributed by atoms with Crippen molar-refractivity contribution in [3.8, 4) is 0 Å². The van der Waals surface area contributed by atoms with Gasteiger partial charge in [0.2, 0.25) is 17.6 Å². The highest BCUT2D eigenvalue weighted by Crippen LogP contribution is 1.98. The van der Waals surface area contributed by atoms with Gasteiger partial charge in [0, 0.05) is 13.5 Å². The lowest BCUT2D eigenvalue weighted by atomic mass is 10.3. The standard InChI is InChI=1S/C7H8N2O3.C2H7NO/c1-4-5(2)9(12)3-6(8-4)7(10)11;3-1-2-4/h3H,1-2H3,(H,10,11);4H,1-3H2. The Morgan fingerprint density at radius 1 is 1.62 bits per heavy atom. The van der Waals surface area contributed by atoms with E-state index in [1.807, 2.05) is 0 Å². The number of carboxylic acids is 1. The van der Waals surface area contributed by atoms with E-state index in [2.05, 4.69) is 4.98 Å². The van der Waals surface area contributed by atoms with Gasteiger partial charge in [0.1, 0.15) is 5.69 Å². The average molecular weight is 229 g/mol. The van der Waals surface area contributed by atoms with E-state index in [0.717, 1.165) is 6.20 Å². The number of hydrogen-bond donors (Lipinski definition) is 3. The minimum absolute atomic E-state index is 0.0972. The lowest BCUT2D eigenvalue weighted by molar-refractivity contribution is -0.613. The van der Waals surface area contributed by atoms with Gasteiger partial charge in [-0.1, -0.05) is 0 Å². The SMILES string of the molecule is Cc1nc(C(=O)O)c[n+]([O-])c1C.NCCO. The van der Waals surface area contributed by atoms with Crippen molar-refractivity contribution in [3.63, 3.8) is 0 Å². The smallest absolute Gasteiger partial charge is 0.360 e. The topological polar surface area (TPSA) is 123 Å². The van der Waals surface area contributed by atoms with E-state index in [1.54, 1.807) is 13.8 Å². The molecule has 0 spiro atoms. The third-order valence-electron chi connectivity index (χ3n) is 1.73. The maximum absolute atomic E-state index is 11.0. The molecule has 0 amide bonds. The van der Waals surface area contributed by atoms with Gasteiger partial charge in [-0.3, -0.25) is 0 Å². The Labute approximate surface area is 92.7 Å². The number of aliphatic hydroxyl groups excluding tert-OH is 1. The number of nitrogens with two attached hydrogens (primary N) is 1. The Balaban J connectivity index is 0.000000487. The quantitative estimate of drug-likeness (QED) is 0.440. The van der Waals surface area contributed by atoms with Crippen molar-refractivity contribution in [2.75, 3.05) is 13.2 Å². The fraction of sp³-hybridized carbons (Fsp3) is 0.444. The van der Waals surface area contributed by atoms with Crippen LogP contribution in [0.2, 0.25) is 0 Å². The summed E-state index contributed by atoms with van der Waals surface area (Å²) in [6.45, 7) is 3.65. The lowest BCUT2D eigenvalue weighted by Gasteiger charge is -2.02. The zero-order chi connectivity index (χ0) is 12.7. The Morgan fingerprint density at radius 2 is 2.12 bits per heavy atom. The van der Waals surface area contributed by atoms with Crippen LogP contribution in [0.25, 0.3) is 0 Å². The molecule has 0 aliphatic rings. The molecule has 1 heterocycles. The van der Waals surface area contributed by atoms with Gasteiger partial charge in [-0.25, -0.2) is 9.78 Å². The zero-order valence-corrected chi connectivity index (χ0v) is 9.17. The third-order valence-corrected chi connectivity index (χ3v) is 1.73. The molecule has 0 atom stereocenters. The molecule has 0 saturated heterocycles. The summed E-state index contributed by atoms with van der Waals surface area (Å²) in [5.74, 6) is -1.19. The highest BCUT2D eigenvalue weighted by molar-refractivity contribution is 5.84. The second-order valence-corrected chi connectivity index (χ2v) is 2.94. The number of aliphatic hydroxyl groups is 1. The van der Waals surface area contributed by atoms with Crippen LogP contribution in [-0.2, 0) is 0 Å². The van der Waals surface area contributed by atoms with Gasteiger partial charge >= 0.3 is 5.97 Å². The first kappa shape index (κ1) is 14.3. The summed E-state index contributed by atoms with van der Waals surface area (Å²) >= 11 is 0. The first-order chi connectivity index (χ1) is 7.43. The molecule has 0 aromatic carbocycles. The van der Waals surface area contributed by atoms with E-state index in [1.165, 1.54) is 0 Å². The molecule has 4 N–H and O–H groups in total. The predicted octanol–water partition coefficient (Wildman–Crippen LogP) is -1.03. The van der Waals surface area contributed by atoms with Crippen LogP contribution in [0.4, 0.5) is 0 Å². The second-order valence-electron chi connectivity index (χ2n) is 2.94. The lowest BCUT2D eigenvalue weighted by Crippen LogP contribution is -2.33. The maximum atomic E-state index is 11.0. The van der Waals surface area contributed by atoms with Gasteiger partial charge in [0.05, 0.1) is 6.61 Å². The number of carboxylic acid groups (broad SMARTS) is 1. The van der Waals surface area contributed by atoms with Gasteiger partial charge < -0.3 is 21.2 Å². The molecule has 1 aromatic rings. The van der Waals surface area contributed by atoms with E-state index in [-0.39, 0.29) is 12.3 Å². The number of aromatic carboxylic acids is 1. The minimum Gasteiger partial charge on any atom is -0.618 e. The molecule has 90 valence electrons. The maximum Gasteiger partial charge on any atom is 0.360 e. The van der Waals surface area contributed by atoms with Crippen LogP contribution >= 0.6 is 0 Å². The van der Waals surface area contributed by atoms with Crippen molar-refractivity contribution in [2.45, 2.75) is 13.8 Å². The largest absolute Gasteiger partial charge is 0.618 e.